The van der Waals surface area contributed by atoms with Crippen molar-refractivity contribution in [1.82, 2.24) is 10.9 Å². The quantitative estimate of drug-likeness (QED) is 0.613. The first-order valence-electron chi connectivity index (χ1n) is 5.94. The number of hydrazine groups is 1. The summed E-state index contributed by atoms with van der Waals surface area (Å²) in [4.78, 5) is 20.1. The van der Waals surface area contributed by atoms with Crippen molar-refractivity contribution >= 4 is 41.4 Å². The molecule has 0 aromatic heterocycles. The van der Waals surface area contributed by atoms with E-state index < -0.39 is 0 Å². The van der Waals surface area contributed by atoms with Gasteiger partial charge in [0.15, 0.2) is 0 Å². The van der Waals surface area contributed by atoms with Gasteiger partial charge in [0, 0.05) is 29.6 Å². The second-order valence-corrected chi connectivity index (χ2v) is 4.01. The number of nitrogens with one attached hydrogen (secondary N) is 2. The van der Waals surface area contributed by atoms with Gasteiger partial charge in [-0.15, -0.1) is 0 Å². The Morgan fingerprint density at radius 2 is 1.00 bits per heavy atom. The van der Waals surface area contributed by atoms with E-state index in [-0.39, 0.29) is 47.8 Å². The maximum absolute atomic E-state index is 10.1. The second-order valence-electron chi connectivity index (χ2n) is 4.01. The SMILES string of the molecule is O=C1CC(=O)NN1.[Na].c1ccc(-c2ccccc2)cc1. The Kier molecular flexibility index (Phi) is 7.01. The van der Waals surface area contributed by atoms with Crippen LogP contribution in [0.3, 0.4) is 0 Å². The monoisotopic (exact) mass is 277 g/mol. The van der Waals surface area contributed by atoms with Gasteiger partial charge >= 0.3 is 0 Å². The summed E-state index contributed by atoms with van der Waals surface area (Å²) >= 11 is 0. The number of hydrogen-bond donors (Lipinski definition) is 2. The van der Waals surface area contributed by atoms with Gasteiger partial charge in [0.2, 0.25) is 11.8 Å². The topological polar surface area (TPSA) is 58.2 Å². The molecule has 0 aliphatic carbocycles. The predicted molar refractivity (Wildman–Crippen MR) is 78.5 cm³/mol. The van der Waals surface area contributed by atoms with E-state index in [1.54, 1.807) is 0 Å². The fourth-order valence-electron chi connectivity index (χ4n) is 1.63. The van der Waals surface area contributed by atoms with Crippen molar-refractivity contribution in [3.8, 4) is 11.1 Å². The van der Waals surface area contributed by atoms with Gasteiger partial charge in [0.05, 0.1) is 0 Å². The van der Waals surface area contributed by atoms with E-state index in [4.69, 9.17) is 0 Å². The summed E-state index contributed by atoms with van der Waals surface area (Å²) in [6.45, 7) is 0. The van der Waals surface area contributed by atoms with Gasteiger partial charge in [-0.05, 0) is 11.1 Å². The molecule has 1 saturated heterocycles. The van der Waals surface area contributed by atoms with Crippen LogP contribution in [0.15, 0.2) is 60.7 Å². The zero-order chi connectivity index (χ0) is 13.5. The standard InChI is InChI=1S/C12H10.C3H4N2O2.Na/c1-3-7-11(8-4-1)12-9-5-2-6-10-12;6-2-1-3(7)5-4-2;/h1-10H;1H2,(H,4,6)(H,5,7);. The number of rotatable bonds is 1. The van der Waals surface area contributed by atoms with E-state index in [0.717, 1.165) is 0 Å². The van der Waals surface area contributed by atoms with Gasteiger partial charge < -0.3 is 0 Å². The summed E-state index contributed by atoms with van der Waals surface area (Å²) in [5.74, 6) is -0.519. The maximum atomic E-state index is 10.1. The minimum absolute atomic E-state index is 0. The normalized spacial score (nSPS) is 12.4. The van der Waals surface area contributed by atoms with Gasteiger partial charge in [0.25, 0.3) is 0 Å². The van der Waals surface area contributed by atoms with Gasteiger partial charge in [-0.1, -0.05) is 60.7 Å². The molecule has 20 heavy (non-hydrogen) atoms. The summed E-state index contributed by atoms with van der Waals surface area (Å²) in [5.41, 5.74) is 6.81. The molecule has 0 unspecified atom stereocenters. The molecule has 1 fully saturated rings. The summed E-state index contributed by atoms with van der Waals surface area (Å²) in [6, 6.07) is 20.8. The second kappa shape index (κ2) is 8.53. The van der Waals surface area contributed by atoms with E-state index in [1.165, 1.54) is 11.1 Å². The minimum Gasteiger partial charge on any atom is -0.273 e. The Morgan fingerprint density at radius 1 is 0.650 bits per heavy atom. The van der Waals surface area contributed by atoms with Crippen LogP contribution in [0.25, 0.3) is 11.1 Å². The Hall–Kier alpha value is -1.62. The first kappa shape index (κ1) is 16.4. The first-order chi connectivity index (χ1) is 9.25. The number of carbonyl (C=O) groups excluding carboxylic acids is 2. The van der Waals surface area contributed by atoms with Crippen molar-refractivity contribution in [3.63, 3.8) is 0 Å². The van der Waals surface area contributed by atoms with E-state index in [2.05, 4.69) is 59.4 Å². The zero-order valence-corrected chi connectivity index (χ0v) is 13.3. The Labute approximate surface area is 139 Å². The van der Waals surface area contributed by atoms with Crippen LogP contribution >= 0.6 is 0 Å². The van der Waals surface area contributed by atoms with E-state index in [0.29, 0.717) is 0 Å². The molecule has 1 radical (unpaired) electrons. The summed E-state index contributed by atoms with van der Waals surface area (Å²) in [6.07, 6.45) is -0.0278. The van der Waals surface area contributed by atoms with E-state index in [1.807, 2.05) is 12.1 Å². The van der Waals surface area contributed by atoms with Crippen molar-refractivity contribution in [2.75, 3.05) is 0 Å². The van der Waals surface area contributed by atoms with Gasteiger partial charge in [0.1, 0.15) is 6.42 Å². The fourth-order valence-corrected chi connectivity index (χ4v) is 1.63. The summed E-state index contributed by atoms with van der Waals surface area (Å²) < 4.78 is 0. The predicted octanol–water partition coefficient (Wildman–Crippen LogP) is 1.51. The van der Waals surface area contributed by atoms with Gasteiger partial charge in [-0.25, -0.2) is 0 Å². The van der Waals surface area contributed by atoms with Crippen molar-refractivity contribution in [2.24, 2.45) is 0 Å². The first-order valence-corrected chi connectivity index (χ1v) is 5.94. The van der Waals surface area contributed by atoms with Crippen LogP contribution in [0.5, 0.6) is 0 Å². The molecule has 0 atom stereocenters. The van der Waals surface area contributed by atoms with Crippen molar-refractivity contribution < 1.29 is 9.59 Å². The summed E-state index contributed by atoms with van der Waals surface area (Å²) in [7, 11) is 0. The van der Waals surface area contributed by atoms with Crippen LogP contribution in [0.2, 0.25) is 0 Å². The smallest absolute Gasteiger partial charge is 0.247 e. The molecule has 97 valence electrons. The third-order valence-electron chi connectivity index (χ3n) is 2.54. The molecule has 5 heteroatoms. The molecular formula is C15H14N2NaO2. The molecule has 0 spiro atoms. The third kappa shape index (κ3) is 5.17. The van der Waals surface area contributed by atoms with Crippen molar-refractivity contribution in [3.05, 3.63) is 60.7 Å². The molecular weight excluding hydrogens is 263 g/mol. The van der Waals surface area contributed by atoms with Crippen LogP contribution in [0.1, 0.15) is 6.42 Å². The third-order valence-corrected chi connectivity index (χ3v) is 2.54. The average molecular weight is 277 g/mol. The van der Waals surface area contributed by atoms with Crippen molar-refractivity contribution in [1.29, 1.82) is 0 Å². The molecule has 0 bridgehead atoms. The van der Waals surface area contributed by atoms with Crippen molar-refractivity contribution in [2.45, 2.75) is 6.42 Å². The van der Waals surface area contributed by atoms with E-state index >= 15 is 0 Å². The minimum atomic E-state index is -0.259. The molecule has 1 heterocycles. The Balaban J connectivity index is 0.000000216. The molecule has 4 nitrogen and oxygen atoms in total. The average Bonchev–Trinajstić information content (AvgIpc) is 2.85. The number of carbonyl (C=O) groups is 2. The molecule has 1 aliphatic rings. The van der Waals surface area contributed by atoms with E-state index in [9.17, 15) is 9.59 Å². The molecule has 1 aliphatic heterocycles. The molecule has 0 saturated carbocycles. The molecule has 2 aromatic carbocycles. The van der Waals surface area contributed by atoms with Crippen LogP contribution in [0, 0.1) is 0 Å². The van der Waals surface area contributed by atoms with Crippen LogP contribution in [-0.4, -0.2) is 41.4 Å². The van der Waals surface area contributed by atoms with Crippen LogP contribution in [0.4, 0.5) is 0 Å². The zero-order valence-electron chi connectivity index (χ0n) is 11.3. The maximum Gasteiger partial charge on any atom is 0.247 e. The Morgan fingerprint density at radius 3 is 1.25 bits per heavy atom. The van der Waals surface area contributed by atoms with Crippen LogP contribution in [-0.2, 0) is 9.59 Å². The molecule has 3 rings (SSSR count). The number of amides is 2. The summed E-state index contributed by atoms with van der Waals surface area (Å²) in [5, 5.41) is 0. The Bertz CT molecular complexity index is 507. The van der Waals surface area contributed by atoms with Gasteiger partial charge in [-0.3, -0.25) is 20.4 Å². The molecule has 2 aromatic rings. The number of benzene rings is 2. The largest absolute Gasteiger partial charge is 0.273 e. The van der Waals surface area contributed by atoms with Gasteiger partial charge in [-0.2, -0.15) is 0 Å². The van der Waals surface area contributed by atoms with Crippen LogP contribution < -0.4 is 10.9 Å². The molecule has 2 N–H and O–H groups in total. The number of hydrogen-bond acceptors (Lipinski definition) is 2. The fraction of sp³-hybridized carbons (Fsp3) is 0.0667. The molecule has 2 amide bonds.